The first kappa shape index (κ1) is 17.5. The fourth-order valence-corrected chi connectivity index (χ4v) is 2.44. The lowest BCUT2D eigenvalue weighted by atomic mass is 9.92. The molecule has 1 N–H and O–H groups in total. The summed E-state index contributed by atoms with van der Waals surface area (Å²) in [5.74, 6) is -0.896. The third-order valence-electron chi connectivity index (χ3n) is 3.68. The van der Waals surface area contributed by atoms with E-state index in [1.807, 2.05) is 36.4 Å². The summed E-state index contributed by atoms with van der Waals surface area (Å²) in [6.07, 6.45) is 0. The molecule has 2 aromatic carbocycles. The van der Waals surface area contributed by atoms with Gasteiger partial charge in [-0.25, -0.2) is 0 Å². The van der Waals surface area contributed by atoms with Gasteiger partial charge in [0, 0.05) is 10.7 Å². The summed E-state index contributed by atoms with van der Waals surface area (Å²) in [6, 6.07) is 18.6. The SMILES string of the molecule is CC(C)(C#N)C(=O)Nc1ccc(C(C#N)c2ccccc2)c(Cl)c1. The van der Waals surface area contributed by atoms with Crippen molar-refractivity contribution >= 4 is 23.2 Å². The van der Waals surface area contributed by atoms with Crippen LogP contribution in [0.25, 0.3) is 0 Å². The van der Waals surface area contributed by atoms with E-state index in [1.165, 1.54) is 0 Å². The highest BCUT2D eigenvalue weighted by atomic mass is 35.5. The lowest BCUT2D eigenvalue weighted by Gasteiger charge is -2.17. The number of anilines is 1. The van der Waals surface area contributed by atoms with Gasteiger partial charge in [-0.1, -0.05) is 48.0 Å². The van der Waals surface area contributed by atoms with Gasteiger partial charge in [0.2, 0.25) is 5.91 Å². The first-order valence-corrected chi connectivity index (χ1v) is 7.73. The molecular weight excluding hydrogens is 322 g/mol. The molecule has 24 heavy (non-hydrogen) atoms. The van der Waals surface area contributed by atoms with Crippen LogP contribution in [0.15, 0.2) is 48.5 Å². The third kappa shape index (κ3) is 3.74. The normalized spacial score (nSPS) is 11.9. The number of nitriles is 2. The minimum absolute atomic E-state index is 0.387. The van der Waals surface area contributed by atoms with Crippen molar-refractivity contribution in [1.29, 1.82) is 10.5 Å². The van der Waals surface area contributed by atoms with Crippen molar-refractivity contribution in [3.63, 3.8) is 0 Å². The number of benzene rings is 2. The van der Waals surface area contributed by atoms with E-state index in [-0.39, 0.29) is 0 Å². The molecule has 0 aromatic heterocycles. The number of carbonyl (C=O) groups is 1. The fraction of sp³-hybridized carbons (Fsp3) is 0.211. The van der Waals surface area contributed by atoms with Crippen molar-refractivity contribution in [3.05, 3.63) is 64.7 Å². The predicted molar refractivity (Wildman–Crippen MR) is 93.4 cm³/mol. The Hall–Kier alpha value is -2.82. The van der Waals surface area contributed by atoms with Gasteiger partial charge in [0.1, 0.15) is 5.41 Å². The van der Waals surface area contributed by atoms with E-state index in [0.717, 1.165) is 5.56 Å². The van der Waals surface area contributed by atoms with Gasteiger partial charge in [0.25, 0.3) is 0 Å². The molecule has 0 aliphatic heterocycles. The Kier molecular flexibility index (Phi) is 5.24. The molecular formula is C19H16ClN3O. The molecule has 120 valence electrons. The van der Waals surface area contributed by atoms with Crippen molar-refractivity contribution in [2.45, 2.75) is 19.8 Å². The minimum atomic E-state index is -1.13. The van der Waals surface area contributed by atoms with E-state index in [2.05, 4.69) is 11.4 Å². The lowest BCUT2D eigenvalue weighted by Crippen LogP contribution is -2.29. The summed E-state index contributed by atoms with van der Waals surface area (Å²) < 4.78 is 0. The van der Waals surface area contributed by atoms with Gasteiger partial charge in [0.15, 0.2) is 0 Å². The fourth-order valence-electron chi connectivity index (χ4n) is 2.15. The first-order valence-electron chi connectivity index (χ1n) is 7.36. The summed E-state index contributed by atoms with van der Waals surface area (Å²) in [6.45, 7) is 3.08. The topological polar surface area (TPSA) is 76.7 Å². The average Bonchev–Trinajstić information content (AvgIpc) is 2.58. The minimum Gasteiger partial charge on any atom is -0.325 e. The van der Waals surface area contributed by atoms with Gasteiger partial charge < -0.3 is 5.32 Å². The lowest BCUT2D eigenvalue weighted by molar-refractivity contribution is -0.121. The molecule has 0 saturated carbocycles. The first-order chi connectivity index (χ1) is 11.4. The van der Waals surface area contributed by atoms with E-state index in [0.29, 0.717) is 16.3 Å². The smallest absolute Gasteiger partial charge is 0.244 e. The molecule has 1 unspecified atom stereocenters. The number of hydrogen-bond donors (Lipinski definition) is 1. The summed E-state index contributed by atoms with van der Waals surface area (Å²) in [7, 11) is 0. The highest BCUT2D eigenvalue weighted by Crippen LogP contribution is 2.32. The maximum Gasteiger partial charge on any atom is 0.244 e. The number of rotatable bonds is 4. The number of carbonyl (C=O) groups excluding carboxylic acids is 1. The zero-order chi connectivity index (χ0) is 17.7. The number of halogens is 1. The highest BCUT2D eigenvalue weighted by Gasteiger charge is 2.27. The number of hydrogen-bond acceptors (Lipinski definition) is 3. The summed E-state index contributed by atoms with van der Waals surface area (Å²) in [4.78, 5) is 12.0. The summed E-state index contributed by atoms with van der Waals surface area (Å²) in [5, 5.41) is 21.6. The Morgan fingerprint density at radius 3 is 2.38 bits per heavy atom. The van der Waals surface area contributed by atoms with Gasteiger partial charge in [-0.05, 0) is 37.1 Å². The Morgan fingerprint density at radius 1 is 1.17 bits per heavy atom. The summed E-state index contributed by atoms with van der Waals surface area (Å²) >= 11 is 6.32. The molecule has 0 aliphatic carbocycles. The largest absolute Gasteiger partial charge is 0.325 e. The van der Waals surface area contributed by atoms with E-state index >= 15 is 0 Å². The highest BCUT2D eigenvalue weighted by molar-refractivity contribution is 6.31. The molecule has 2 aromatic rings. The zero-order valence-electron chi connectivity index (χ0n) is 13.4. The zero-order valence-corrected chi connectivity index (χ0v) is 14.1. The molecule has 2 rings (SSSR count). The van der Waals surface area contributed by atoms with E-state index in [4.69, 9.17) is 16.9 Å². The van der Waals surface area contributed by atoms with Gasteiger partial charge in [-0.2, -0.15) is 10.5 Å². The number of amides is 1. The Balaban J connectivity index is 2.29. The van der Waals surface area contributed by atoms with Crippen LogP contribution in [-0.2, 0) is 4.79 Å². The van der Waals surface area contributed by atoms with Crippen molar-refractivity contribution in [2.75, 3.05) is 5.32 Å². The molecule has 5 heteroatoms. The molecule has 0 aliphatic rings. The van der Waals surface area contributed by atoms with Crippen LogP contribution >= 0.6 is 11.6 Å². The third-order valence-corrected chi connectivity index (χ3v) is 4.01. The van der Waals surface area contributed by atoms with Crippen LogP contribution in [0.3, 0.4) is 0 Å². The van der Waals surface area contributed by atoms with E-state index < -0.39 is 17.2 Å². The van der Waals surface area contributed by atoms with Crippen LogP contribution in [-0.4, -0.2) is 5.91 Å². The molecule has 0 heterocycles. The van der Waals surface area contributed by atoms with Crippen LogP contribution in [0.4, 0.5) is 5.69 Å². The van der Waals surface area contributed by atoms with Crippen LogP contribution in [0, 0.1) is 28.1 Å². The van der Waals surface area contributed by atoms with Crippen molar-refractivity contribution in [3.8, 4) is 12.1 Å². The molecule has 4 nitrogen and oxygen atoms in total. The van der Waals surface area contributed by atoms with Gasteiger partial charge in [-0.15, -0.1) is 0 Å². The van der Waals surface area contributed by atoms with Gasteiger partial charge in [-0.3, -0.25) is 4.79 Å². The second kappa shape index (κ2) is 7.17. The quantitative estimate of drug-likeness (QED) is 0.893. The predicted octanol–water partition coefficient (Wildman–Crippen LogP) is 4.48. The van der Waals surface area contributed by atoms with Crippen LogP contribution in [0.5, 0.6) is 0 Å². The van der Waals surface area contributed by atoms with E-state index in [1.54, 1.807) is 32.0 Å². The second-order valence-electron chi connectivity index (χ2n) is 5.90. The van der Waals surface area contributed by atoms with Crippen LogP contribution in [0.1, 0.15) is 30.9 Å². The van der Waals surface area contributed by atoms with Crippen molar-refractivity contribution in [2.24, 2.45) is 5.41 Å². The molecule has 1 atom stereocenters. The maximum atomic E-state index is 12.0. The monoisotopic (exact) mass is 337 g/mol. The molecule has 0 spiro atoms. The Labute approximate surface area is 146 Å². The summed E-state index contributed by atoms with van der Waals surface area (Å²) in [5.41, 5.74) is 0.874. The van der Waals surface area contributed by atoms with Crippen molar-refractivity contribution in [1.82, 2.24) is 0 Å². The molecule has 0 bridgehead atoms. The van der Waals surface area contributed by atoms with Gasteiger partial charge in [0.05, 0.1) is 18.1 Å². The maximum absolute atomic E-state index is 12.0. The van der Waals surface area contributed by atoms with Crippen LogP contribution in [0.2, 0.25) is 5.02 Å². The number of nitrogens with one attached hydrogen (secondary N) is 1. The number of nitrogens with zero attached hydrogens (tertiary/aromatic N) is 2. The Morgan fingerprint density at radius 2 is 1.83 bits per heavy atom. The molecule has 1 amide bonds. The second-order valence-corrected chi connectivity index (χ2v) is 6.31. The average molecular weight is 338 g/mol. The molecule has 0 saturated heterocycles. The Bertz CT molecular complexity index is 832. The standard InChI is InChI=1S/C19H16ClN3O/c1-19(2,12-22)18(24)23-14-8-9-15(17(20)10-14)16(11-21)13-6-4-3-5-7-13/h3-10,16H,1-2H3,(H,23,24). The molecule has 0 fully saturated rings. The van der Waals surface area contributed by atoms with Crippen LogP contribution < -0.4 is 5.32 Å². The van der Waals surface area contributed by atoms with Crippen molar-refractivity contribution < 1.29 is 4.79 Å². The molecule has 0 radical (unpaired) electrons. The van der Waals surface area contributed by atoms with E-state index in [9.17, 15) is 10.1 Å². The van der Waals surface area contributed by atoms with Gasteiger partial charge >= 0.3 is 0 Å².